The SMILES string of the molecule is CC[C@H](C)NC(=O)[C@H](Cc1ccccc1)N(Cc1ccc(Cl)cc1Cl)C(=O)CN(c1cccc(C)c1)S(=O)(=O)c1ccc(Cl)cc1. The average molecular weight is 701 g/mol. The van der Waals surface area contributed by atoms with Gasteiger partial charge in [-0.25, -0.2) is 8.42 Å². The number of halogens is 3. The molecule has 7 nitrogen and oxygen atoms in total. The van der Waals surface area contributed by atoms with Crippen LogP contribution in [0.3, 0.4) is 0 Å². The number of hydrogen-bond donors (Lipinski definition) is 1. The van der Waals surface area contributed by atoms with Crippen LogP contribution in [0.15, 0.2) is 102 Å². The van der Waals surface area contributed by atoms with Crippen molar-refractivity contribution < 1.29 is 18.0 Å². The Morgan fingerprint density at radius 2 is 1.52 bits per heavy atom. The van der Waals surface area contributed by atoms with Gasteiger partial charge in [-0.3, -0.25) is 13.9 Å². The van der Waals surface area contributed by atoms with Crippen LogP contribution in [0.2, 0.25) is 15.1 Å². The first-order chi connectivity index (χ1) is 21.9. The third kappa shape index (κ3) is 9.04. The van der Waals surface area contributed by atoms with Crippen molar-refractivity contribution >= 4 is 62.3 Å². The van der Waals surface area contributed by atoms with E-state index in [0.717, 1.165) is 15.4 Å². The second-order valence-corrected chi connectivity index (χ2v) is 14.2. The van der Waals surface area contributed by atoms with Gasteiger partial charge in [-0.1, -0.05) is 90.3 Å². The number of carbonyl (C=O) groups excluding carboxylic acids is 2. The molecular formula is C35H36Cl3N3O4S. The van der Waals surface area contributed by atoms with Crippen LogP contribution < -0.4 is 9.62 Å². The Hall–Kier alpha value is -3.56. The molecule has 2 atom stereocenters. The Kier molecular flexibility index (Phi) is 12.1. The van der Waals surface area contributed by atoms with Gasteiger partial charge in [0, 0.05) is 34.1 Å². The molecule has 0 aliphatic heterocycles. The number of nitrogens with zero attached hydrogens (tertiary/aromatic N) is 2. The van der Waals surface area contributed by atoms with E-state index in [1.54, 1.807) is 36.4 Å². The summed E-state index contributed by atoms with van der Waals surface area (Å²) < 4.78 is 29.3. The van der Waals surface area contributed by atoms with E-state index in [2.05, 4.69) is 5.32 Å². The summed E-state index contributed by atoms with van der Waals surface area (Å²) in [7, 11) is -4.25. The molecule has 0 spiro atoms. The van der Waals surface area contributed by atoms with Crippen molar-refractivity contribution in [1.82, 2.24) is 10.2 Å². The van der Waals surface area contributed by atoms with Crippen molar-refractivity contribution in [2.45, 2.75) is 57.1 Å². The summed E-state index contributed by atoms with van der Waals surface area (Å²) in [4.78, 5) is 29.9. The fourth-order valence-corrected chi connectivity index (χ4v) is 6.87. The first-order valence-corrected chi connectivity index (χ1v) is 17.4. The fraction of sp³-hybridized carbons (Fsp3) is 0.257. The summed E-state index contributed by atoms with van der Waals surface area (Å²) in [6.45, 7) is 5.03. The van der Waals surface area contributed by atoms with Gasteiger partial charge in [-0.05, 0) is 85.5 Å². The van der Waals surface area contributed by atoms with Gasteiger partial charge in [0.25, 0.3) is 10.0 Å². The molecule has 0 aliphatic rings. The van der Waals surface area contributed by atoms with Gasteiger partial charge >= 0.3 is 0 Å². The first-order valence-electron chi connectivity index (χ1n) is 14.8. The monoisotopic (exact) mass is 699 g/mol. The Morgan fingerprint density at radius 1 is 0.848 bits per heavy atom. The fourth-order valence-electron chi connectivity index (χ4n) is 4.87. The Balaban J connectivity index is 1.83. The van der Waals surface area contributed by atoms with E-state index in [1.807, 2.05) is 57.2 Å². The zero-order valence-electron chi connectivity index (χ0n) is 25.8. The molecule has 2 amide bonds. The molecule has 0 fully saturated rings. The van der Waals surface area contributed by atoms with Crippen molar-refractivity contribution in [2.24, 2.45) is 0 Å². The largest absolute Gasteiger partial charge is 0.352 e. The predicted molar refractivity (Wildman–Crippen MR) is 186 cm³/mol. The van der Waals surface area contributed by atoms with E-state index < -0.39 is 28.5 Å². The molecule has 4 aromatic carbocycles. The molecule has 0 saturated heterocycles. The van der Waals surface area contributed by atoms with Crippen LogP contribution in [0.25, 0.3) is 0 Å². The lowest BCUT2D eigenvalue weighted by Crippen LogP contribution is -2.54. The number of amides is 2. The van der Waals surface area contributed by atoms with Crippen LogP contribution in [0.4, 0.5) is 5.69 Å². The highest BCUT2D eigenvalue weighted by molar-refractivity contribution is 7.92. The van der Waals surface area contributed by atoms with Gasteiger partial charge < -0.3 is 10.2 Å². The molecule has 0 heterocycles. The summed E-state index contributed by atoms with van der Waals surface area (Å²) in [5.74, 6) is -0.954. The van der Waals surface area contributed by atoms with Crippen LogP contribution >= 0.6 is 34.8 Å². The van der Waals surface area contributed by atoms with E-state index in [4.69, 9.17) is 34.8 Å². The van der Waals surface area contributed by atoms with E-state index in [9.17, 15) is 18.0 Å². The number of aryl methyl sites for hydroxylation is 1. The highest BCUT2D eigenvalue weighted by Crippen LogP contribution is 2.28. The molecule has 0 aromatic heterocycles. The maximum absolute atomic E-state index is 14.6. The minimum atomic E-state index is -4.25. The Morgan fingerprint density at radius 3 is 2.15 bits per heavy atom. The molecule has 46 heavy (non-hydrogen) atoms. The van der Waals surface area contributed by atoms with Crippen LogP contribution in [0, 0.1) is 6.92 Å². The van der Waals surface area contributed by atoms with Gasteiger partial charge in [0.2, 0.25) is 11.8 Å². The van der Waals surface area contributed by atoms with Gasteiger partial charge in [0.05, 0.1) is 10.6 Å². The molecule has 0 unspecified atom stereocenters. The van der Waals surface area contributed by atoms with Crippen LogP contribution in [0.1, 0.15) is 37.0 Å². The lowest BCUT2D eigenvalue weighted by atomic mass is 10.0. The molecule has 242 valence electrons. The standard InChI is InChI=1S/C35H36Cl3N3O4S/c1-4-25(3)39-35(43)33(20-26-10-6-5-7-11-26)40(22-27-13-14-29(37)21-32(27)38)34(42)23-41(30-12-8-9-24(2)19-30)46(44,45)31-17-15-28(36)16-18-31/h5-19,21,25,33H,4,20,22-23H2,1-3H3,(H,39,43)/t25-,33-/m0/s1. The lowest BCUT2D eigenvalue weighted by molar-refractivity contribution is -0.140. The highest BCUT2D eigenvalue weighted by atomic mass is 35.5. The Labute approximate surface area is 286 Å². The molecule has 4 aromatic rings. The maximum Gasteiger partial charge on any atom is 0.264 e. The quantitative estimate of drug-likeness (QED) is 0.155. The van der Waals surface area contributed by atoms with Crippen molar-refractivity contribution in [3.8, 4) is 0 Å². The van der Waals surface area contributed by atoms with E-state index in [1.165, 1.54) is 29.2 Å². The smallest absolute Gasteiger partial charge is 0.264 e. The lowest BCUT2D eigenvalue weighted by Gasteiger charge is -2.34. The average Bonchev–Trinajstić information content (AvgIpc) is 3.02. The van der Waals surface area contributed by atoms with E-state index in [-0.39, 0.29) is 29.8 Å². The molecule has 0 radical (unpaired) electrons. The summed E-state index contributed by atoms with van der Waals surface area (Å²) >= 11 is 18.8. The molecule has 0 aliphatic carbocycles. The zero-order chi connectivity index (χ0) is 33.4. The van der Waals surface area contributed by atoms with E-state index >= 15 is 0 Å². The summed E-state index contributed by atoms with van der Waals surface area (Å²) in [5, 5.41) is 4.13. The second-order valence-electron chi connectivity index (χ2n) is 11.1. The summed E-state index contributed by atoms with van der Waals surface area (Å²) in [5.41, 5.74) is 2.49. The minimum Gasteiger partial charge on any atom is -0.352 e. The van der Waals surface area contributed by atoms with Gasteiger partial charge in [-0.15, -0.1) is 0 Å². The normalized spacial score (nSPS) is 12.7. The number of nitrogens with one attached hydrogen (secondary N) is 1. The molecule has 1 N–H and O–H groups in total. The third-order valence-electron chi connectivity index (χ3n) is 7.60. The number of rotatable bonds is 13. The topological polar surface area (TPSA) is 86.8 Å². The number of carbonyl (C=O) groups is 2. The van der Waals surface area contributed by atoms with Gasteiger partial charge in [0.1, 0.15) is 12.6 Å². The molecular weight excluding hydrogens is 665 g/mol. The number of hydrogen-bond acceptors (Lipinski definition) is 4. The van der Waals surface area contributed by atoms with Crippen molar-refractivity contribution in [3.05, 3.63) is 129 Å². The maximum atomic E-state index is 14.6. The van der Waals surface area contributed by atoms with Gasteiger partial charge in [0.15, 0.2) is 0 Å². The third-order valence-corrected chi connectivity index (χ3v) is 10.2. The number of sulfonamides is 1. The molecule has 4 rings (SSSR count). The number of benzene rings is 4. The summed E-state index contributed by atoms with van der Waals surface area (Å²) in [6.07, 6.45) is 0.871. The van der Waals surface area contributed by atoms with Crippen LogP contribution in [-0.2, 0) is 32.6 Å². The first kappa shape index (κ1) is 35.3. The van der Waals surface area contributed by atoms with Crippen molar-refractivity contribution in [3.63, 3.8) is 0 Å². The summed E-state index contributed by atoms with van der Waals surface area (Å²) in [6, 6.07) is 25.8. The van der Waals surface area contributed by atoms with E-state index in [0.29, 0.717) is 32.7 Å². The number of anilines is 1. The van der Waals surface area contributed by atoms with Gasteiger partial charge in [-0.2, -0.15) is 0 Å². The van der Waals surface area contributed by atoms with Crippen LogP contribution in [0.5, 0.6) is 0 Å². The van der Waals surface area contributed by atoms with Crippen molar-refractivity contribution in [1.29, 1.82) is 0 Å². The second kappa shape index (κ2) is 15.8. The molecule has 0 saturated carbocycles. The minimum absolute atomic E-state index is 0.0335. The zero-order valence-corrected chi connectivity index (χ0v) is 28.9. The Bertz CT molecular complexity index is 1770. The molecule has 0 bridgehead atoms. The predicted octanol–water partition coefficient (Wildman–Crippen LogP) is 7.71. The van der Waals surface area contributed by atoms with Crippen LogP contribution in [-0.4, -0.2) is 43.8 Å². The van der Waals surface area contributed by atoms with Crippen molar-refractivity contribution in [2.75, 3.05) is 10.8 Å². The molecule has 11 heteroatoms. The highest BCUT2D eigenvalue weighted by Gasteiger charge is 2.35.